The molecular weight excluding hydrogens is 457 g/mol. The van der Waals surface area contributed by atoms with E-state index in [1.54, 1.807) is 0 Å². The van der Waals surface area contributed by atoms with Crippen LogP contribution in [0, 0.1) is 3.57 Å². The number of rotatable bonds is 8. The van der Waals surface area contributed by atoms with E-state index in [2.05, 4.69) is 90.3 Å². The van der Waals surface area contributed by atoms with Gasteiger partial charge in [0.15, 0.2) is 5.78 Å². The molecule has 1 unspecified atom stereocenters. The van der Waals surface area contributed by atoms with Crippen molar-refractivity contribution >= 4 is 34.1 Å². The number of nitrogens with one attached hydrogen (secondary N) is 1. The molecule has 28 heavy (non-hydrogen) atoms. The summed E-state index contributed by atoms with van der Waals surface area (Å²) >= 11 is 2.31. The fourth-order valence-corrected chi connectivity index (χ4v) is 3.57. The molecule has 0 saturated carbocycles. The Labute approximate surface area is 181 Å². The zero-order valence-corrected chi connectivity index (χ0v) is 18.6. The lowest BCUT2D eigenvalue weighted by Crippen LogP contribution is -2.16. The number of hydrogen-bond donors (Lipinski definition) is 1. The van der Waals surface area contributed by atoms with Gasteiger partial charge < -0.3 is 5.32 Å². The molecule has 0 saturated heterocycles. The first-order chi connectivity index (χ1) is 13.6. The predicted molar refractivity (Wildman–Crippen MR) is 126 cm³/mol. The molecule has 3 heteroatoms. The third-order valence-corrected chi connectivity index (χ3v) is 5.77. The van der Waals surface area contributed by atoms with Crippen molar-refractivity contribution in [2.24, 2.45) is 0 Å². The molecule has 3 aromatic rings. The van der Waals surface area contributed by atoms with Gasteiger partial charge in [0.2, 0.25) is 0 Å². The molecule has 0 aliphatic rings. The SMILES string of the molecule is CCc1ccc(NC(CC(=O)c2ccc(CC)cc2)c2ccc(I)cc2)cc1. The van der Waals surface area contributed by atoms with Gasteiger partial charge in [0.05, 0.1) is 6.04 Å². The van der Waals surface area contributed by atoms with Crippen molar-refractivity contribution in [3.63, 3.8) is 0 Å². The number of hydrogen-bond acceptors (Lipinski definition) is 2. The fraction of sp³-hybridized carbons (Fsp3) is 0.240. The van der Waals surface area contributed by atoms with Gasteiger partial charge in [-0.1, -0.05) is 62.4 Å². The lowest BCUT2D eigenvalue weighted by atomic mass is 9.96. The van der Waals surface area contributed by atoms with Crippen molar-refractivity contribution in [2.75, 3.05) is 5.32 Å². The summed E-state index contributed by atoms with van der Waals surface area (Å²) in [5.41, 5.74) is 5.49. The minimum Gasteiger partial charge on any atom is -0.378 e. The maximum Gasteiger partial charge on any atom is 0.165 e. The number of ketones is 1. The minimum absolute atomic E-state index is 0.0668. The summed E-state index contributed by atoms with van der Waals surface area (Å²) in [7, 11) is 0. The van der Waals surface area contributed by atoms with E-state index in [9.17, 15) is 4.79 Å². The number of aryl methyl sites for hydroxylation is 2. The minimum atomic E-state index is -0.0668. The predicted octanol–water partition coefficient (Wildman–Crippen LogP) is 6.84. The molecule has 3 rings (SSSR count). The lowest BCUT2D eigenvalue weighted by Gasteiger charge is -2.20. The van der Waals surface area contributed by atoms with Gasteiger partial charge in [-0.25, -0.2) is 0 Å². The van der Waals surface area contributed by atoms with E-state index >= 15 is 0 Å². The Balaban J connectivity index is 1.82. The number of carbonyl (C=O) groups is 1. The summed E-state index contributed by atoms with van der Waals surface area (Å²) in [5, 5.41) is 3.57. The molecule has 0 aliphatic carbocycles. The number of halogens is 1. The highest BCUT2D eigenvalue weighted by molar-refractivity contribution is 14.1. The van der Waals surface area contributed by atoms with Crippen LogP contribution in [-0.2, 0) is 12.8 Å². The van der Waals surface area contributed by atoms with Crippen LogP contribution in [-0.4, -0.2) is 5.78 Å². The summed E-state index contributed by atoms with van der Waals surface area (Å²) in [6, 6.07) is 24.8. The van der Waals surface area contributed by atoms with Gasteiger partial charge in [-0.05, 0) is 76.4 Å². The van der Waals surface area contributed by atoms with E-state index in [-0.39, 0.29) is 11.8 Å². The van der Waals surface area contributed by atoms with E-state index in [1.807, 2.05) is 24.3 Å². The molecule has 0 spiro atoms. The molecule has 3 aromatic carbocycles. The number of Topliss-reactive ketones (excluding diaryl/α,β-unsaturated/α-hetero) is 1. The number of anilines is 1. The summed E-state index contributed by atoms with van der Waals surface area (Å²) in [5.74, 6) is 0.156. The molecule has 0 fully saturated rings. The second-order valence-electron chi connectivity index (χ2n) is 6.98. The maximum absolute atomic E-state index is 12.9. The van der Waals surface area contributed by atoms with Crippen LogP contribution in [0.1, 0.15) is 53.4 Å². The van der Waals surface area contributed by atoms with E-state index in [1.165, 1.54) is 14.7 Å². The van der Waals surface area contributed by atoms with Crippen LogP contribution in [0.5, 0.6) is 0 Å². The first kappa shape index (κ1) is 20.6. The third-order valence-electron chi connectivity index (χ3n) is 5.05. The van der Waals surface area contributed by atoms with Crippen LogP contribution in [0.3, 0.4) is 0 Å². The second-order valence-corrected chi connectivity index (χ2v) is 8.22. The van der Waals surface area contributed by atoms with Crippen LogP contribution in [0.4, 0.5) is 5.69 Å². The fourth-order valence-electron chi connectivity index (χ4n) is 3.21. The van der Waals surface area contributed by atoms with E-state index in [0.29, 0.717) is 6.42 Å². The topological polar surface area (TPSA) is 29.1 Å². The highest BCUT2D eigenvalue weighted by atomic mass is 127. The van der Waals surface area contributed by atoms with Gasteiger partial charge in [0.25, 0.3) is 0 Å². The van der Waals surface area contributed by atoms with Crippen LogP contribution in [0.25, 0.3) is 0 Å². The van der Waals surface area contributed by atoms with Crippen molar-refractivity contribution in [3.8, 4) is 0 Å². The van der Waals surface area contributed by atoms with Gasteiger partial charge >= 0.3 is 0 Å². The Morgan fingerprint density at radius 2 is 1.36 bits per heavy atom. The monoisotopic (exact) mass is 483 g/mol. The molecule has 0 bridgehead atoms. The Morgan fingerprint density at radius 1 is 0.821 bits per heavy atom. The first-order valence-electron chi connectivity index (χ1n) is 9.82. The molecule has 0 amide bonds. The average Bonchev–Trinajstić information content (AvgIpc) is 2.74. The van der Waals surface area contributed by atoms with Gasteiger partial charge in [-0.3, -0.25) is 4.79 Å². The normalized spacial score (nSPS) is 11.8. The van der Waals surface area contributed by atoms with E-state index in [0.717, 1.165) is 29.7 Å². The van der Waals surface area contributed by atoms with Gasteiger partial charge in [0, 0.05) is 21.2 Å². The molecule has 1 N–H and O–H groups in total. The highest BCUT2D eigenvalue weighted by Crippen LogP contribution is 2.26. The highest BCUT2D eigenvalue weighted by Gasteiger charge is 2.17. The molecule has 2 nitrogen and oxygen atoms in total. The Morgan fingerprint density at radius 3 is 1.89 bits per heavy atom. The zero-order valence-electron chi connectivity index (χ0n) is 16.4. The van der Waals surface area contributed by atoms with E-state index < -0.39 is 0 Å². The number of benzene rings is 3. The second kappa shape index (κ2) is 9.87. The van der Waals surface area contributed by atoms with Gasteiger partial charge in [-0.2, -0.15) is 0 Å². The lowest BCUT2D eigenvalue weighted by molar-refractivity contribution is 0.0976. The third kappa shape index (κ3) is 5.44. The van der Waals surface area contributed by atoms with Crippen molar-refractivity contribution in [1.29, 1.82) is 0 Å². The van der Waals surface area contributed by atoms with Crippen LogP contribution in [0.2, 0.25) is 0 Å². The molecule has 0 radical (unpaired) electrons. The Bertz CT molecular complexity index is 899. The largest absolute Gasteiger partial charge is 0.378 e. The average molecular weight is 483 g/mol. The van der Waals surface area contributed by atoms with E-state index in [4.69, 9.17) is 0 Å². The van der Waals surface area contributed by atoms with Crippen LogP contribution < -0.4 is 5.32 Å². The maximum atomic E-state index is 12.9. The number of carbonyl (C=O) groups excluding carboxylic acids is 1. The summed E-state index contributed by atoms with van der Waals surface area (Å²) in [4.78, 5) is 12.9. The van der Waals surface area contributed by atoms with Crippen molar-refractivity contribution < 1.29 is 4.79 Å². The van der Waals surface area contributed by atoms with Crippen molar-refractivity contribution in [1.82, 2.24) is 0 Å². The summed E-state index contributed by atoms with van der Waals surface area (Å²) in [6.07, 6.45) is 2.42. The molecule has 1 atom stereocenters. The Hall–Kier alpha value is -2.14. The molecular formula is C25H26INO. The first-order valence-corrected chi connectivity index (χ1v) is 10.9. The summed E-state index contributed by atoms with van der Waals surface area (Å²) in [6.45, 7) is 4.27. The summed E-state index contributed by atoms with van der Waals surface area (Å²) < 4.78 is 1.19. The molecule has 144 valence electrons. The molecule has 0 aromatic heterocycles. The standard InChI is InChI=1S/C25H26INO/c1-3-18-5-9-21(10-6-18)25(28)17-24(20-11-13-22(26)14-12-20)27-23-15-7-19(4-2)8-16-23/h5-16,24,27H,3-4,17H2,1-2H3. The van der Waals surface area contributed by atoms with Crippen LogP contribution >= 0.6 is 22.6 Å². The van der Waals surface area contributed by atoms with Gasteiger partial charge in [0.1, 0.15) is 0 Å². The molecule has 0 aliphatic heterocycles. The molecule has 0 heterocycles. The van der Waals surface area contributed by atoms with Crippen molar-refractivity contribution in [3.05, 3.63) is 98.6 Å². The van der Waals surface area contributed by atoms with Gasteiger partial charge in [-0.15, -0.1) is 0 Å². The smallest absolute Gasteiger partial charge is 0.165 e. The quantitative estimate of drug-likeness (QED) is 0.281. The Kier molecular flexibility index (Phi) is 7.26. The van der Waals surface area contributed by atoms with Crippen molar-refractivity contribution in [2.45, 2.75) is 39.2 Å². The van der Waals surface area contributed by atoms with Crippen LogP contribution in [0.15, 0.2) is 72.8 Å². The zero-order chi connectivity index (χ0) is 19.9.